The number of nitrogens with one attached hydrogen (secondary N) is 2. The molecule has 1 unspecified atom stereocenters. The van der Waals surface area contributed by atoms with Crippen LogP contribution < -0.4 is 15.6 Å². The molecule has 1 saturated heterocycles. The van der Waals surface area contributed by atoms with Crippen LogP contribution in [0.15, 0.2) is 41.5 Å². The van der Waals surface area contributed by atoms with Crippen LogP contribution in [0.25, 0.3) is 11.0 Å². The van der Waals surface area contributed by atoms with E-state index < -0.39 is 23.8 Å². The van der Waals surface area contributed by atoms with Crippen molar-refractivity contribution in [2.45, 2.75) is 38.3 Å². The van der Waals surface area contributed by atoms with Crippen LogP contribution in [0.1, 0.15) is 36.4 Å². The Morgan fingerprint density at radius 2 is 2.13 bits per heavy atom. The standard InChI is InChI=1S/C21H23F2N5O3/c1-11-18(31-13-3-4-15(26-8-13)21(30)24-2)10-28(11)9-12-5-17-16(25-7-12)6-14(19(22)23)20(29)27-17/h3-8,11,18-19,21,24,30H,9-10H2,1-2H3,(H,27,29)/t11-,18+,21?/m1/s1. The van der Waals surface area contributed by atoms with Gasteiger partial charge in [0.2, 0.25) is 0 Å². The van der Waals surface area contributed by atoms with Crippen molar-refractivity contribution < 1.29 is 18.6 Å². The van der Waals surface area contributed by atoms with Crippen molar-refractivity contribution in [2.75, 3.05) is 13.6 Å². The first kappa shape index (κ1) is 21.3. The number of hydrogen-bond acceptors (Lipinski definition) is 7. The molecule has 0 aliphatic carbocycles. The highest BCUT2D eigenvalue weighted by Crippen LogP contribution is 2.26. The minimum atomic E-state index is -2.84. The monoisotopic (exact) mass is 431 g/mol. The topological polar surface area (TPSA) is 103 Å². The number of aliphatic hydroxyl groups excluding tert-OH is 1. The molecular formula is C21H23F2N5O3. The van der Waals surface area contributed by atoms with Gasteiger partial charge in [-0.2, -0.15) is 0 Å². The van der Waals surface area contributed by atoms with Crippen LogP contribution in [0.5, 0.6) is 5.75 Å². The number of H-pyrrole nitrogens is 1. The summed E-state index contributed by atoms with van der Waals surface area (Å²) in [6.07, 6.45) is -0.452. The summed E-state index contributed by atoms with van der Waals surface area (Å²) in [7, 11) is 1.64. The average molecular weight is 431 g/mol. The molecule has 1 aliphatic rings. The number of likely N-dealkylation sites (tertiary alicyclic amines) is 1. The number of aliphatic hydroxyl groups is 1. The molecule has 164 valence electrons. The summed E-state index contributed by atoms with van der Waals surface area (Å²) in [5, 5.41) is 12.4. The van der Waals surface area contributed by atoms with E-state index in [0.29, 0.717) is 35.6 Å². The van der Waals surface area contributed by atoms with Gasteiger partial charge >= 0.3 is 0 Å². The molecule has 0 spiro atoms. The highest BCUT2D eigenvalue weighted by molar-refractivity contribution is 5.74. The number of pyridine rings is 3. The predicted octanol–water partition coefficient (Wildman–Crippen LogP) is 2.12. The lowest BCUT2D eigenvalue weighted by Crippen LogP contribution is -2.60. The van der Waals surface area contributed by atoms with E-state index in [9.17, 15) is 18.7 Å². The van der Waals surface area contributed by atoms with E-state index in [0.717, 1.165) is 11.6 Å². The van der Waals surface area contributed by atoms with Gasteiger partial charge in [0.1, 0.15) is 18.1 Å². The third-order valence-electron chi connectivity index (χ3n) is 5.53. The second-order valence-electron chi connectivity index (χ2n) is 7.57. The third kappa shape index (κ3) is 4.41. The minimum Gasteiger partial charge on any atom is -0.486 e. The molecule has 0 radical (unpaired) electrons. The SMILES string of the molecule is CNC(O)c1ccc(O[C@H]2CN(Cc3cnc4cc(C(F)F)c(=O)[nH]c4c3)[C@@H]2C)cn1. The Labute approximate surface area is 176 Å². The zero-order chi connectivity index (χ0) is 22.1. The van der Waals surface area contributed by atoms with Gasteiger partial charge in [-0.15, -0.1) is 0 Å². The molecule has 31 heavy (non-hydrogen) atoms. The maximum Gasteiger partial charge on any atom is 0.269 e. The molecule has 0 saturated carbocycles. The average Bonchev–Trinajstić information content (AvgIpc) is 2.77. The lowest BCUT2D eigenvalue weighted by molar-refractivity contribution is -0.0415. The molecule has 3 N–H and O–H groups in total. The molecule has 3 atom stereocenters. The first-order valence-corrected chi connectivity index (χ1v) is 9.87. The van der Waals surface area contributed by atoms with Gasteiger partial charge in [-0.3, -0.25) is 25.0 Å². The van der Waals surface area contributed by atoms with E-state index in [1.807, 2.05) is 6.92 Å². The fourth-order valence-electron chi connectivity index (χ4n) is 3.56. The summed E-state index contributed by atoms with van der Waals surface area (Å²) in [5.74, 6) is 0.628. The molecule has 0 amide bonds. The van der Waals surface area contributed by atoms with Crippen LogP contribution in [0.4, 0.5) is 8.78 Å². The molecule has 1 fully saturated rings. The highest BCUT2D eigenvalue weighted by atomic mass is 19.3. The molecule has 3 aromatic heterocycles. The Bertz CT molecular complexity index is 1120. The fraction of sp³-hybridized carbons (Fsp3) is 0.381. The number of fused-ring (bicyclic) bond motifs is 1. The van der Waals surface area contributed by atoms with Crippen LogP contribution in [-0.4, -0.2) is 50.7 Å². The number of ether oxygens (including phenoxy) is 1. The van der Waals surface area contributed by atoms with E-state index in [-0.39, 0.29) is 12.1 Å². The smallest absolute Gasteiger partial charge is 0.269 e. The molecule has 4 rings (SSSR count). The van der Waals surface area contributed by atoms with Crippen molar-refractivity contribution in [1.29, 1.82) is 0 Å². The lowest BCUT2D eigenvalue weighted by atomic mass is 10.00. The van der Waals surface area contributed by atoms with E-state index in [2.05, 4.69) is 25.2 Å². The second kappa shape index (κ2) is 8.66. The van der Waals surface area contributed by atoms with E-state index in [1.54, 1.807) is 37.6 Å². The summed E-state index contributed by atoms with van der Waals surface area (Å²) in [6.45, 7) is 3.33. The first-order valence-electron chi connectivity index (χ1n) is 9.87. The van der Waals surface area contributed by atoms with Crippen LogP contribution >= 0.6 is 0 Å². The Morgan fingerprint density at radius 3 is 2.77 bits per heavy atom. The number of rotatable bonds is 7. The lowest BCUT2D eigenvalue weighted by Gasteiger charge is -2.45. The molecule has 3 aromatic rings. The summed E-state index contributed by atoms with van der Waals surface area (Å²) in [5.41, 5.74) is 0.769. The van der Waals surface area contributed by atoms with Crippen molar-refractivity contribution in [3.8, 4) is 5.75 Å². The Hall–Kier alpha value is -2.95. The van der Waals surface area contributed by atoms with Gasteiger partial charge in [-0.1, -0.05) is 0 Å². The zero-order valence-corrected chi connectivity index (χ0v) is 17.0. The Kier molecular flexibility index (Phi) is 5.94. The summed E-state index contributed by atoms with van der Waals surface area (Å²) < 4.78 is 31.7. The van der Waals surface area contributed by atoms with E-state index in [1.165, 1.54) is 0 Å². The number of nitrogens with zero attached hydrogens (tertiary/aromatic N) is 3. The predicted molar refractivity (Wildman–Crippen MR) is 110 cm³/mol. The van der Waals surface area contributed by atoms with Crippen molar-refractivity contribution in [3.63, 3.8) is 0 Å². The molecule has 1 aliphatic heterocycles. The van der Waals surface area contributed by atoms with Crippen LogP contribution in [0.2, 0.25) is 0 Å². The number of alkyl halides is 2. The van der Waals surface area contributed by atoms with E-state index >= 15 is 0 Å². The number of aromatic nitrogens is 3. The summed E-state index contributed by atoms with van der Waals surface area (Å²) in [6, 6.07) is 6.51. The van der Waals surface area contributed by atoms with Gasteiger partial charge in [-0.05, 0) is 43.8 Å². The van der Waals surface area contributed by atoms with Gasteiger partial charge in [-0.25, -0.2) is 8.78 Å². The molecule has 4 heterocycles. The molecular weight excluding hydrogens is 408 g/mol. The van der Waals surface area contributed by atoms with Crippen molar-refractivity contribution in [1.82, 2.24) is 25.2 Å². The molecule has 0 bridgehead atoms. The number of hydrogen-bond donors (Lipinski definition) is 3. The summed E-state index contributed by atoms with van der Waals surface area (Å²) >= 11 is 0. The van der Waals surface area contributed by atoms with Gasteiger partial charge in [0, 0.05) is 25.3 Å². The van der Waals surface area contributed by atoms with Crippen molar-refractivity contribution in [3.05, 3.63) is 63.8 Å². The zero-order valence-electron chi connectivity index (χ0n) is 17.0. The minimum absolute atomic E-state index is 0.0105. The van der Waals surface area contributed by atoms with Crippen LogP contribution in [-0.2, 0) is 6.54 Å². The Balaban J connectivity index is 1.38. The highest BCUT2D eigenvalue weighted by Gasteiger charge is 2.37. The molecule has 0 aromatic carbocycles. The first-order chi connectivity index (χ1) is 14.9. The maximum atomic E-state index is 12.9. The number of halogens is 2. The Morgan fingerprint density at radius 1 is 1.32 bits per heavy atom. The fourth-order valence-corrected chi connectivity index (χ4v) is 3.56. The van der Waals surface area contributed by atoms with Gasteiger partial charge < -0.3 is 14.8 Å². The quantitative estimate of drug-likeness (QED) is 0.493. The van der Waals surface area contributed by atoms with Crippen molar-refractivity contribution in [2.24, 2.45) is 0 Å². The largest absolute Gasteiger partial charge is 0.486 e. The summed E-state index contributed by atoms with van der Waals surface area (Å²) in [4.78, 5) is 24.9. The van der Waals surface area contributed by atoms with E-state index in [4.69, 9.17) is 4.74 Å². The van der Waals surface area contributed by atoms with Gasteiger partial charge in [0.15, 0.2) is 0 Å². The van der Waals surface area contributed by atoms with Crippen LogP contribution in [0.3, 0.4) is 0 Å². The molecule has 8 nitrogen and oxygen atoms in total. The van der Waals surface area contributed by atoms with Gasteiger partial charge in [0.25, 0.3) is 12.0 Å². The second-order valence-corrected chi connectivity index (χ2v) is 7.57. The number of aromatic amines is 1. The maximum absolute atomic E-state index is 12.9. The van der Waals surface area contributed by atoms with Gasteiger partial charge in [0.05, 0.1) is 28.5 Å². The molecule has 10 heteroatoms. The van der Waals surface area contributed by atoms with Crippen molar-refractivity contribution >= 4 is 11.0 Å². The van der Waals surface area contributed by atoms with Crippen LogP contribution in [0, 0.1) is 0 Å². The normalized spacial score (nSPS) is 20.1. The third-order valence-corrected chi connectivity index (χ3v) is 5.53.